The number of esters is 1. The molecule has 0 unspecified atom stereocenters. The summed E-state index contributed by atoms with van der Waals surface area (Å²) in [6.07, 6.45) is 0.385. The summed E-state index contributed by atoms with van der Waals surface area (Å²) in [6, 6.07) is 9.17. The second-order valence-electron chi connectivity index (χ2n) is 5.45. The van der Waals surface area contributed by atoms with Crippen molar-refractivity contribution in [3.05, 3.63) is 52.4 Å². The summed E-state index contributed by atoms with van der Waals surface area (Å²) < 4.78 is 10.2. The molecule has 0 aliphatic heterocycles. The van der Waals surface area contributed by atoms with Crippen LogP contribution in [0.2, 0.25) is 5.02 Å². The van der Waals surface area contributed by atoms with Crippen LogP contribution in [0.1, 0.15) is 28.3 Å². The number of ether oxygens (including phenoxy) is 1. The number of amides is 1. The number of carbonyl (C=O) groups is 2. The van der Waals surface area contributed by atoms with Crippen molar-refractivity contribution in [3.63, 3.8) is 0 Å². The topological polar surface area (TPSA) is 59.8 Å². The number of furan rings is 1. The van der Waals surface area contributed by atoms with Crippen molar-refractivity contribution in [2.75, 3.05) is 19.9 Å². The van der Waals surface area contributed by atoms with Crippen molar-refractivity contribution in [2.45, 2.75) is 24.8 Å². The first-order valence-corrected chi connectivity index (χ1v) is 9.07. The molecule has 1 amide bonds. The Bertz CT molecular complexity index is 759. The minimum atomic E-state index is -0.447. The molecule has 25 heavy (non-hydrogen) atoms. The SMILES string of the molecule is COC(=O)c1cc(CN(C)C(=O)CCSc2ccccc2Cl)oc1C. The minimum absolute atomic E-state index is 0.00627. The van der Waals surface area contributed by atoms with Crippen molar-refractivity contribution in [1.82, 2.24) is 4.90 Å². The Morgan fingerprint density at radius 2 is 2.04 bits per heavy atom. The summed E-state index contributed by atoms with van der Waals surface area (Å²) in [4.78, 5) is 26.4. The highest BCUT2D eigenvalue weighted by Crippen LogP contribution is 2.27. The van der Waals surface area contributed by atoms with Crippen LogP contribution in [0.3, 0.4) is 0 Å². The van der Waals surface area contributed by atoms with Gasteiger partial charge in [-0.2, -0.15) is 0 Å². The molecule has 0 fully saturated rings. The maximum atomic E-state index is 12.3. The van der Waals surface area contributed by atoms with Crippen LogP contribution < -0.4 is 0 Å². The fraction of sp³-hybridized carbons (Fsp3) is 0.333. The van der Waals surface area contributed by atoms with Gasteiger partial charge in [-0.05, 0) is 25.1 Å². The third-order valence-corrected chi connectivity index (χ3v) is 5.12. The number of hydrogen-bond donors (Lipinski definition) is 0. The van der Waals surface area contributed by atoms with Crippen molar-refractivity contribution >= 4 is 35.2 Å². The smallest absolute Gasteiger partial charge is 0.341 e. The van der Waals surface area contributed by atoms with Gasteiger partial charge >= 0.3 is 5.97 Å². The highest BCUT2D eigenvalue weighted by molar-refractivity contribution is 7.99. The molecule has 5 nitrogen and oxygen atoms in total. The normalized spacial score (nSPS) is 10.6. The van der Waals surface area contributed by atoms with Gasteiger partial charge in [-0.25, -0.2) is 4.79 Å². The molecule has 1 aromatic heterocycles. The van der Waals surface area contributed by atoms with Crippen LogP contribution >= 0.6 is 23.4 Å². The number of benzene rings is 1. The van der Waals surface area contributed by atoms with Crippen molar-refractivity contribution in [3.8, 4) is 0 Å². The van der Waals surface area contributed by atoms with Gasteiger partial charge < -0.3 is 14.1 Å². The summed E-state index contributed by atoms with van der Waals surface area (Å²) in [6.45, 7) is 1.99. The van der Waals surface area contributed by atoms with Gasteiger partial charge in [-0.1, -0.05) is 23.7 Å². The summed E-state index contributed by atoms with van der Waals surface area (Å²) >= 11 is 7.65. The number of thioether (sulfide) groups is 1. The number of hydrogen-bond acceptors (Lipinski definition) is 5. The average molecular weight is 382 g/mol. The van der Waals surface area contributed by atoms with Gasteiger partial charge in [0.25, 0.3) is 0 Å². The van der Waals surface area contributed by atoms with Crippen molar-refractivity contribution in [2.24, 2.45) is 0 Å². The lowest BCUT2D eigenvalue weighted by Crippen LogP contribution is -2.26. The first-order valence-electron chi connectivity index (χ1n) is 7.71. The molecule has 134 valence electrons. The van der Waals surface area contributed by atoms with E-state index in [2.05, 4.69) is 0 Å². The fourth-order valence-corrected chi connectivity index (χ4v) is 3.43. The molecule has 0 bridgehead atoms. The summed E-state index contributed by atoms with van der Waals surface area (Å²) in [5.41, 5.74) is 0.382. The molecule has 0 radical (unpaired) electrons. The monoisotopic (exact) mass is 381 g/mol. The first-order chi connectivity index (χ1) is 11.9. The summed E-state index contributed by atoms with van der Waals surface area (Å²) in [7, 11) is 3.03. The Balaban J connectivity index is 1.86. The molecule has 0 saturated carbocycles. The molecule has 0 spiro atoms. The second kappa shape index (κ2) is 8.97. The molecule has 0 saturated heterocycles. The van der Waals surface area contributed by atoms with E-state index in [4.69, 9.17) is 20.8 Å². The van der Waals surface area contributed by atoms with Crippen LogP contribution in [0.25, 0.3) is 0 Å². The van der Waals surface area contributed by atoms with Gasteiger partial charge in [0.1, 0.15) is 17.1 Å². The molecule has 1 aromatic carbocycles. The Morgan fingerprint density at radius 1 is 1.32 bits per heavy atom. The minimum Gasteiger partial charge on any atom is -0.465 e. The highest BCUT2D eigenvalue weighted by atomic mass is 35.5. The zero-order chi connectivity index (χ0) is 18.4. The van der Waals surface area contributed by atoms with E-state index in [1.807, 2.05) is 24.3 Å². The Kier molecular flexibility index (Phi) is 6.96. The zero-order valence-electron chi connectivity index (χ0n) is 14.4. The van der Waals surface area contributed by atoms with E-state index < -0.39 is 5.97 Å². The van der Waals surface area contributed by atoms with E-state index in [0.717, 1.165) is 4.90 Å². The Labute approximate surface area is 156 Å². The third kappa shape index (κ3) is 5.28. The molecule has 0 aliphatic carbocycles. The van der Waals surface area contributed by atoms with Gasteiger partial charge in [-0.3, -0.25) is 4.79 Å². The van der Waals surface area contributed by atoms with E-state index >= 15 is 0 Å². The number of nitrogens with zero attached hydrogens (tertiary/aromatic N) is 1. The maximum absolute atomic E-state index is 12.3. The summed E-state index contributed by atoms with van der Waals surface area (Å²) in [5, 5.41) is 0.690. The number of halogens is 1. The number of methoxy groups -OCH3 is 1. The maximum Gasteiger partial charge on any atom is 0.341 e. The van der Waals surface area contributed by atoms with Crippen LogP contribution in [0.15, 0.2) is 39.6 Å². The first kappa shape index (κ1) is 19.4. The zero-order valence-corrected chi connectivity index (χ0v) is 15.9. The highest BCUT2D eigenvalue weighted by Gasteiger charge is 2.18. The van der Waals surface area contributed by atoms with Crippen molar-refractivity contribution in [1.29, 1.82) is 0 Å². The van der Waals surface area contributed by atoms with Crippen LogP contribution in [-0.2, 0) is 16.1 Å². The largest absolute Gasteiger partial charge is 0.465 e. The number of carbonyl (C=O) groups excluding carboxylic acids is 2. The molecular formula is C18H20ClNO4S. The lowest BCUT2D eigenvalue weighted by atomic mass is 10.2. The third-order valence-electron chi connectivity index (χ3n) is 3.60. The van der Waals surface area contributed by atoms with Gasteiger partial charge in [0.15, 0.2) is 0 Å². The number of aryl methyl sites for hydroxylation is 1. The van der Waals surface area contributed by atoms with E-state index in [1.165, 1.54) is 7.11 Å². The molecular weight excluding hydrogens is 362 g/mol. The Hall–Kier alpha value is -1.92. The van der Waals surface area contributed by atoms with Crippen LogP contribution in [0.5, 0.6) is 0 Å². The Morgan fingerprint density at radius 3 is 2.72 bits per heavy atom. The van der Waals surface area contributed by atoms with Crippen LogP contribution in [0, 0.1) is 6.92 Å². The van der Waals surface area contributed by atoms with E-state index in [1.54, 1.807) is 36.7 Å². The lowest BCUT2D eigenvalue weighted by molar-refractivity contribution is -0.130. The molecule has 0 atom stereocenters. The van der Waals surface area contributed by atoms with Gasteiger partial charge in [0.2, 0.25) is 5.91 Å². The summed E-state index contributed by atoms with van der Waals surface area (Å²) in [5.74, 6) is 1.22. The standard InChI is InChI=1S/C18H20ClNO4S/c1-12-14(18(22)23-3)10-13(24-12)11-20(2)17(21)8-9-25-16-7-5-4-6-15(16)19/h4-7,10H,8-9,11H2,1-3H3. The van der Waals surface area contributed by atoms with Gasteiger partial charge in [-0.15, -0.1) is 11.8 Å². The van der Waals surface area contributed by atoms with Crippen LogP contribution in [-0.4, -0.2) is 36.7 Å². The second-order valence-corrected chi connectivity index (χ2v) is 7.00. The lowest BCUT2D eigenvalue weighted by Gasteiger charge is -2.15. The van der Waals surface area contributed by atoms with E-state index in [-0.39, 0.29) is 5.91 Å². The molecule has 0 N–H and O–H groups in total. The van der Waals surface area contributed by atoms with E-state index in [0.29, 0.717) is 40.8 Å². The number of rotatable bonds is 7. The average Bonchev–Trinajstić information content (AvgIpc) is 2.96. The fourth-order valence-electron chi connectivity index (χ4n) is 2.26. The molecule has 1 heterocycles. The predicted molar refractivity (Wildman–Crippen MR) is 98.1 cm³/mol. The van der Waals surface area contributed by atoms with Crippen LogP contribution in [0.4, 0.5) is 0 Å². The predicted octanol–water partition coefficient (Wildman–Crippen LogP) is 4.17. The molecule has 7 heteroatoms. The quantitative estimate of drug-likeness (QED) is 0.532. The molecule has 0 aliphatic rings. The van der Waals surface area contributed by atoms with Gasteiger partial charge in [0, 0.05) is 24.1 Å². The van der Waals surface area contributed by atoms with Gasteiger partial charge in [0.05, 0.1) is 18.7 Å². The molecule has 2 aromatic rings. The molecule has 2 rings (SSSR count). The van der Waals surface area contributed by atoms with Crippen molar-refractivity contribution < 1.29 is 18.7 Å². The van der Waals surface area contributed by atoms with E-state index in [9.17, 15) is 9.59 Å².